The van der Waals surface area contributed by atoms with Gasteiger partial charge in [-0.1, -0.05) is 30.3 Å². The highest BCUT2D eigenvalue weighted by molar-refractivity contribution is 6.14. The monoisotopic (exact) mass is 335 g/mol. The van der Waals surface area contributed by atoms with Gasteiger partial charge in [-0.3, -0.25) is 19.3 Å². The first kappa shape index (κ1) is 15.4. The zero-order valence-electron chi connectivity index (χ0n) is 13.5. The molecule has 3 amide bonds. The Morgan fingerprint density at radius 3 is 2.76 bits per heavy atom. The summed E-state index contributed by atoms with van der Waals surface area (Å²) in [7, 11) is 0. The lowest BCUT2D eigenvalue weighted by Gasteiger charge is -2.31. The van der Waals surface area contributed by atoms with Crippen LogP contribution in [-0.2, 0) is 16.1 Å². The summed E-state index contributed by atoms with van der Waals surface area (Å²) >= 11 is 0. The van der Waals surface area contributed by atoms with Crippen LogP contribution in [0.2, 0.25) is 0 Å². The van der Waals surface area contributed by atoms with E-state index in [4.69, 9.17) is 0 Å². The van der Waals surface area contributed by atoms with Crippen LogP contribution >= 0.6 is 0 Å². The summed E-state index contributed by atoms with van der Waals surface area (Å²) in [5.41, 5.74) is 2.61. The lowest BCUT2D eigenvalue weighted by Crippen LogP contribution is -2.45. The Labute approximate surface area is 144 Å². The van der Waals surface area contributed by atoms with Crippen LogP contribution in [0, 0.1) is 0 Å². The molecule has 2 aromatic carbocycles. The Hall–Kier alpha value is -3.15. The molecule has 0 radical (unpaired) electrons. The van der Waals surface area contributed by atoms with Crippen LogP contribution in [0.15, 0.2) is 48.5 Å². The number of hydrogen-bond donors (Lipinski definition) is 2. The third-order valence-corrected chi connectivity index (χ3v) is 4.59. The lowest BCUT2D eigenvalue weighted by atomic mass is 10.1. The van der Waals surface area contributed by atoms with Gasteiger partial charge in [-0.15, -0.1) is 0 Å². The number of benzene rings is 2. The molecule has 0 spiro atoms. The van der Waals surface area contributed by atoms with E-state index in [0.717, 1.165) is 5.56 Å². The third-order valence-electron chi connectivity index (χ3n) is 4.59. The Morgan fingerprint density at radius 1 is 1.16 bits per heavy atom. The molecule has 0 saturated carbocycles. The maximum absolute atomic E-state index is 12.4. The van der Waals surface area contributed by atoms with Crippen molar-refractivity contribution >= 4 is 29.1 Å². The van der Waals surface area contributed by atoms with Gasteiger partial charge in [0.25, 0.3) is 5.91 Å². The fourth-order valence-electron chi connectivity index (χ4n) is 3.32. The second-order valence-electron chi connectivity index (χ2n) is 6.21. The van der Waals surface area contributed by atoms with Gasteiger partial charge >= 0.3 is 0 Å². The van der Waals surface area contributed by atoms with E-state index < -0.39 is 6.04 Å². The molecule has 4 rings (SSSR count). The van der Waals surface area contributed by atoms with Gasteiger partial charge in [-0.05, 0) is 30.2 Å². The van der Waals surface area contributed by atoms with E-state index in [2.05, 4.69) is 10.6 Å². The largest absolute Gasteiger partial charge is 0.348 e. The summed E-state index contributed by atoms with van der Waals surface area (Å²) in [5, 5.41) is 5.66. The number of rotatable bonds is 3. The summed E-state index contributed by atoms with van der Waals surface area (Å²) in [6, 6.07) is 14.2. The number of hydrogen-bond acceptors (Lipinski definition) is 3. The van der Waals surface area contributed by atoms with Crippen molar-refractivity contribution in [1.82, 2.24) is 5.32 Å². The zero-order valence-corrected chi connectivity index (χ0v) is 13.5. The quantitative estimate of drug-likeness (QED) is 0.901. The van der Waals surface area contributed by atoms with Crippen LogP contribution in [0.5, 0.6) is 0 Å². The summed E-state index contributed by atoms with van der Waals surface area (Å²) in [5.74, 6) is -0.474. The Balaban J connectivity index is 1.55. The molecule has 6 nitrogen and oxygen atoms in total. The van der Waals surface area contributed by atoms with Crippen LogP contribution < -0.4 is 15.5 Å². The van der Waals surface area contributed by atoms with Crippen molar-refractivity contribution in [3.8, 4) is 0 Å². The Kier molecular flexibility index (Phi) is 3.72. The van der Waals surface area contributed by atoms with E-state index in [1.807, 2.05) is 30.3 Å². The number of nitrogens with zero attached hydrogens (tertiary/aromatic N) is 1. The number of amides is 3. The number of anilines is 2. The molecule has 0 bridgehead atoms. The molecule has 6 heteroatoms. The Morgan fingerprint density at radius 2 is 1.96 bits per heavy atom. The van der Waals surface area contributed by atoms with Crippen LogP contribution in [-0.4, -0.2) is 23.8 Å². The highest BCUT2D eigenvalue weighted by Crippen LogP contribution is 2.37. The standard InChI is InChI=1S/C19H17N3O3/c23-17-9-8-16-19(25)21-14-10-13(6-7-15(14)22(16)17)18(24)20-11-12-4-2-1-3-5-12/h1-7,10,16H,8-9,11H2,(H,20,24)(H,21,25). The van der Waals surface area contributed by atoms with Crippen molar-refractivity contribution in [2.24, 2.45) is 0 Å². The van der Waals surface area contributed by atoms with Gasteiger partial charge in [-0.25, -0.2) is 0 Å². The highest BCUT2D eigenvalue weighted by Gasteiger charge is 2.41. The lowest BCUT2D eigenvalue weighted by molar-refractivity contribution is -0.120. The normalized spacial score (nSPS) is 18.4. The molecule has 2 aliphatic heterocycles. The van der Waals surface area contributed by atoms with Gasteiger partial charge in [0, 0.05) is 18.5 Å². The smallest absolute Gasteiger partial charge is 0.251 e. The number of fused-ring (bicyclic) bond motifs is 3. The van der Waals surface area contributed by atoms with Crippen molar-refractivity contribution < 1.29 is 14.4 Å². The molecule has 25 heavy (non-hydrogen) atoms. The van der Waals surface area contributed by atoms with Gasteiger partial charge in [0.15, 0.2) is 0 Å². The van der Waals surface area contributed by atoms with Crippen molar-refractivity contribution in [2.45, 2.75) is 25.4 Å². The minimum atomic E-state index is -0.433. The summed E-state index contributed by atoms with van der Waals surface area (Å²) in [6.07, 6.45) is 0.903. The molecule has 0 aliphatic carbocycles. The van der Waals surface area contributed by atoms with Crippen LogP contribution in [0.25, 0.3) is 0 Å². The van der Waals surface area contributed by atoms with Crippen molar-refractivity contribution in [3.63, 3.8) is 0 Å². The number of carbonyl (C=O) groups is 3. The van der Waals surface area contributed by atoms with E-state index in [1.54, 1.807) is 23.1 Å². The summed E-state index contributed by atoms with van der Waals surface area (Å²) in [6.45, 7) is 0.426. The second-order valence-corrected chi connectivity index (χ2v) is 6.21. The average Bonchev–Trinajstić information content (AvgIpc) is 3.03. The molecule has 1 fully saturated rings. The summed E-state index contributed by atoms with van der Waals surface area (Å²) < 4.78 is 0. The van der Waals surface area contributed by atoms with E-state index in [-0.39, 0.29) is 17.7 Å². The van der Waals surface area contributed by atoms with Gasteiger partial charge in [0.1, 0.15) is 6.04 Å². The average molecular weight is 335 g/mol. The molecule has 2 N–H and O–H groups in total. The van der Waals surface area contributed by atoms with Gasteiger partial charge in [0.2, 0.25) is 11.8 Å². The van der Waals surface area contributed by atoms with Gasteiger partial charge in [-0.2, -0.15) is 0 Å². The fraction of sp³-hybridized carbons (Fsp3) is 0.211. The predicted octanol–water partition coefficient (Wildman–Crippen LogP) is 2.06. The molecule has 1 unspecified atom stereocenters. The molecule has 2 aliphatic rings. The summed E-state index contributed by atoms with van der Waals surface area (Å²) in [4.78, 5) is 38.1. The number of carbonyl (C=O) groups excluding carboxylic acids is 3. The first-order chi connectivity index (χ1) is 12.1. The molecule has 1 saturated heterocycles. The molecule has 0 aromatic heterocycles. The van der Waals surface area contributed by atoms with Crippen molar-refractivity contribution in [2.75, 3.05) is 10.2 Å². The molecule has 126 valence electrons. The van der Waals surface area contributed by atoms with E-state index >= 15 is 0 Å². The highest BCUT2D eigenvalue weighted by atomic mass is 16.2. The third kappa shape index (κ3) is 2.76. The predicted molar refractivity (Wildman–Crippen MR) is 93.2 cm³/mol. The fourth-order valence-corrected chi connectivity index (χ4v) is 3.32. The van der Waals surface area contributed by atoms with Crippen LogP contribution in [0.3, 0.4) is 0 Å². The molecule has 2 heterocycles. The first-order valence-corrected chi connectivity index (χ1v) is 8.22. The molecule has 2 aromatic rings. The van der Waals surface area contributed by atoms with Crippen molar-refractivity contribution in [1.29, 1.82) is 0 Å². The minimum absolute atomic E-state index is 0.0534. The maximum Gasteiger partial charge on any atom is 0.251 e. The molecular weight excluding hydrogens is 318 g/mol. The second kappa shape index (κ2) is 6.05. The van der Waals surface area contributed by atoms with Crippen LogP contribution in [0.1, 0.15) is 28.8 Å². The molecule has 1 atom stereocenters. The van der Waals surface area contributed by atoms with E-state index in [0.29, 0.717) is 36.3 Å². The Bertz CT molecular complexity index is 863. The van der Waals surface area contributed by atoms with Gasteiger partial charge in [0.05, 0.1) is 11.4 Å². The van der Waals surface area contributed by atoms with E-state index in [1.165, 1.54) is 0 Å². The van der Waals surface area contributed by atoms with Crippen LogP contribution in [0.4, 0.5) is 11.4 Å². The van der Waals surface area contributed by atoms with E-state index in [9.17, 15) is 14.4 Å². The molecular formula is C19H17N3O3. The first-order valence-electron chi connectivity index (χ1n) is 8.22. The maximum atomic E-state index is 12.4. The van der Waals surface area contributed by atoms with Gasteiger partial charge < -0.3 is 10.6 Å². The topological polar surface area (TPSA) is 78.5 Å². The number of nitrogens with one attached hydrogen (secondary N) is 2. The zero-order chi connectivity index (χ0) is 17.4. The SMILES string of the molecule is O=C(NCc1ccccc1)c1ccc2c(c1)NC(=O)C1CCC(=O)N21. The minimum Gasteiger partial charge on any atom is -0.348 e. The van der Waals surface area contributed by atoms with Crippen molar-refractivity contribution in [3.05, 3.63) is 59.7 Å².